The van der Waals surface area contributed by atoms with Gasteiger partial charge in [-0.2, -0.15) is 0 Å². The predicted molar refractivity (Wildman–Crippen MR) is 245 cm³/mol. The molecule has 2 aromatic heterocycles. The van der Waals surface area contributed by atoms with E-state index in [-0.39, 0.29) is 35.2 Å². The van der Waals surface area contributed by atoms with Gasteiger partial charge in [-0.15, -0.1) is 0 Å². The summed E-state index contributed by atoms with van der Waals surface area (Å²) in [4.78, 5) is 72.6. The number of benzene rings is 4. The molecular weight excluding hydrogens is 809 g/mol. The molecule has 2 fully saturated rings. The number of ether oxygens (including phenoxy) is 2. The van der Waals surface area contributed by atoms with E-state index in [4.69, 9.17) is 19.4 Å². The van der Waals surface area contributed by atoms with Crippen LogP contribution >= 0.6 is 0 Å². The summed E-state index contributed by atoms with van der Waals surface area (Å²) >= 11 is 0. The molecule has 0 bridgehead atoms. The van der Waals surface area contributed by atoms with Crippen molar-refractivity contribution < 1.29 is 28.7 Å². The molecule has 4 amide bonds. The van der Waals surface area contributed by atoms with Crippen LogP contribution in [-0.2, 0) is 19.1 Å². The minimum atomic E-state index is -0.936. The topological polar surface area (TPSA) is 175 Å². The van der Waals surface area contributed by atoms with E-state index < -0.39 is 30.3 Å². The third kappa shape index (κ3) is 8.95. The number of rotatable bonds is 13. The number of methoxy groups -OCH3 is 2. The van der Waals surface area contributed by atoms with E-state index in [1.165, 1.54) is 14.2 Å². The van der Waals surface area contributed by atoms with Gasteiger partial charge in [-0.3, -0.25) is 9.59 Å². The molecule has 4 aromatic carbocycles. The monoisotopic (exact) mass is 864 g/mol. The Bertz CT molecular complexity index is 2650. The highest BCUT2D eigenvalue weighted by atomic mass is 16.5. The lowest BCUT2D eigenvalue weighted by atomic mass is 9.98. The molecular formula is C50H56N8O6. The van der Waals surface area contributed by atoms with E-state index in [1.807, 2.05) is 63.9 Å². The lowest BCUT2D eigenvalue weighted by molar-refractivity contribution is -0.138. The highest BCUT2D eigenvalue weighted by Gasteiger charge is 2.55. The number of H-pyrrole nitrogens is 2. The molecule has 8 rings (SSSR count). The molecule has 14 heteroatoms. The molecule has 4 N–H and O–H groups in total. The van der Waals surface area contributed by atoms with Crippen LogP contribution in [0, 0.1) is 11.3 Å². The maximum atomic E-state index is 14.1. The molecule has 332 valence electrons. The van der Waals surface area contributed by atoms with E-state index in [0.717, 1.165) is 69.5 Å². The van der Waals surface area contributed by atoms with Gasteiger partial charge in [0.25, 0.3) is 5.91 Å². The van der Waals surface area contributed by atoms with E-state index in [1.54, 1.807) is 23.2 Å². The van der Waals surface area contributed by atoms with Gasteiger partial charge >= 0.3 is 12.2 Å². The predicted octanol–water partition coefficient (Wildman–Crippen LogP) is 9.12. The van der Waals surface area contributed by atoms with Crippen LogP contribution in [0.4, 0.5) is 9.59 Å². The van der Waals surface area contributed by atoms with Crippen LogP contribution in [0.5, 0.6) is 0 Å². The first-order chi connectivity index (χ1) is 30.8. The first-order valence-corrected chi connectivity index (χ1v) is 21.9. The lowest BCUT2D eigenvalue weighted by Crippen LogP contribution is -2.51. The van der Waals surface area contributed by atoms with Crippen LogP contribution < -0.4 is 10.6 Å². The Kier molecular flexibility index (Phi) is 12.3. The zero-order valence-electron chi connectivity index (χ0n) is 37.3. The molecule has 4 atom stereocenters. The van der Waals surface area contributed by atoms with Gasteiger partial charge < -0.3 is 39.9 Å². The average Bonchev–Trinajstić information content (AvgIpc) is 3.64. The lowest BCUT2D eigenvalue weighted by Gasteiger charge is -2.35. The van der Waals surface area contributed by atoms with Crippen molar-refractivity contribution in [1.82, 2.24) is 40.4 Å². The van der Waals surface area contributed by atoms with Crippen molar-refractivity contribution in [3.63, 3.8) is 0 Å². The quantitative estimate of drug-likeness (QED) is 0.0889. The van der Waals surface area contributed by atoms with Gasteiger partial charge in [-0.05, 0) is 96.5 Å². The number of nitrogens with one attached hydrogen (secondary N) is 4. The van der Waals surface area contributed by atoms with Crippen molar-refractivity contribution in [2.75, 3.05) is 20.8 Å². The van der Waals surface area contributed by atoms with Crippen LogP contribution in [0.2, 0.25) is 0 Å². The fourth-order valence-corrected chi connectivity index (χ4v) is 9.02. The minimum absolute atomic E-state index is 0.110. The normalized spacial score (nSPS) is 16.7. The molecule has 14 nitrogen and oxygen atoms in total. The fraction of sp³-hybridized carbons (Fsp3) is 0.360. The fourth-order valence-electron chi connectivity index (χ4n) is 9.02. The number of hydrogen-bond donors (Lipinski definition) is 4. The van der Waals surface area contributed by atoms with E-state index in [2.05, 4.69) is 81.3 Å². The van der Waals surface area contributed by atoms with Crippen LogP contribution in [0.15, 0.2) is 103 Å². The number of imidazole rings is 2. The van der Waals surface area contributed by atoms with Crippen LogP contribution in [-0.4, -0.2) is 86.6 Å². The van der Waals surface area contributed by atoms with Crippen molar-refractivity contribution in [2.24, 2.45) is 11.3 Å². The summed E-state index contributed by atoms with van der Waals surface area (Å²) in [7, 11) is 2.58. The van der Waals surface area contributed by atoms with Gasteiger partial charge in [-0.25, -0.2) is 19.6 Å². The summed E-state index contributed by atoms with van der Waals surface area (Å²) in [6.45, 7) is 10.3. The summed E-state index contributed by atoms with van der Waals surface area (Å²) in [5, 5.41) is 7.64. The Morgan fingerprint density at radius 2 is 1.33 bits per heavy atom. The highest BCUT2D eigenvalue weighted by molar-refractivity contribution is 5.91. The van der Waals surface area contributed by atoms with Crippen molar-refractivity contribution in [1.29, 1.82) is 0 Å². The number of carbonyl (C=O) groups is 4. The number of alkyl carbamates (subject to hydrolysis) is 2. The number of fused-ring (bicyclic) bond motifs is 1. The number of amides is 4. The summed E-state index contributed by atoms with van der Waals surface area (Å²) in [5.41, 5.74) is 6.55. The number of nitrogens with zero attached hydrogens (tertiary/aromatic N) is 4. The van der Waals surface area contributed by atoms with Crippen molar-refractivity contribution in [3.05, 3.63) is 121 Å². The molecule has 1 saturated heterocycles. The van der Waals surface area contributed by atoms with Gasteiger partial charge in [0.15, 0.2) is 0 Å². The van der Waals surface area contributed by atoms with Crippen LogP contribution in [0.25, 0.3) is 44.4 Å². The number of carbonyl (C=O) groups excluding carboxylic acids is 4. The third-order valence-corrected chi connectivity index (χ3v) is 12.8. The summed E-state index contributed by atoms with van der Waals surface area (Å²) < 4.78 is 9.67. The van der Waals surface area contributed by atoms with Gasteiger partial charge in [0.2, 0.25) is 5.91 Å². The summed E-state index contributed by atoms with van der Waals surface area (Å²) in [6, 6.07) is 27.7. The van der Waals surface area contributed by atoms with Crippen molar-refractivity contribution in [3.8, 4) is 33.6 Å². The highest BCUT2D eigenvalue weighted by Crippen LogP contribution is 2.58. The minimum Gasteiger partial charge on any atom is -0.453 e. The molecule has 0 radical (unpaired) electrons. The average molecular weight is 865 g/mol. The Labute approximate surface area is 373 Å². The molecule has 1 spiro atoms. The Hall–Kier alpha value is -6.96. The summed E-state index contributed by atoms with van der Waals surface area (Å²) in [5.74, 6) is 0.877. The largest absolute Gasteiger partial charge is 0.453 e. The second-order valence-electron chi connectivity index (χ2n) is 17.8. The zero-order chi connectivity index (χ0) is 45.3. The molecule has 6 aromatic rings. The van der Waals surface area contributed by atoms with Gasteiger partial charge in [0.1, 0.15) is 23.7 Å². The number of aromatic amines is 2. The maximum Gasteiger partial charge on any atom is 0.407 e. The zero-order valence-corrected chi connectivity index (χ0v) is 37.3. The smallest absolute Gasteiger partial charge is 0.407 e. The molecule has 2 aliphatic rings. The number of likely N-dealkylation sites (tertiary alicyclic amines) is 1. The maximum absolute atomic E-state index is 14.1. The van der Waals surface area contributed by atoms with Crippen LogP contribution in [0.1, 0.15) is 89.2 Å². The number of aromatic nitrogens is 4. The molecule has 1 aliphatic carbocycles. The first kappa shape index (κ1) is 43.7. The van der Waals surface area contributed by atoms with Crippen LogP contribution in [0.3, 0.4) is 0 Å². The van der Waals surface area contributed by atoms with E-state index in [9.17, 15) is 19.2 Å². The molecule has 1 saturated carbocycles. The van der Waals surface area contributed by atoms with E-state index in [0.29, 0.717) is 17.9 Å². The third-order valence-electron chi connectivity index (χ3n) is 12.8. The number of hydrogen-bond acceptors (Lipinski definition) is 8. The molecule has 64 heavy (non-hydrogen) atoms. The molecule has 0 unspecified atom stereocenters. The van der Waals surface area contributed by atoms with Crippen molar-refractivity contribution in [2.45, 2.75) is 84.1 Å². The standard InChI is InChI=1S/C50H56N8O6/c1-29(2)42(55-48(61)63-6)46(59)57-28-50(21-22-50)25-41(57)45-52-27-40(54-45)38-20-19-36-23-35(17-18-37(36)24-38)32-13-15-33(16-14-32)39-26-51-44(53-39)31(5)58(30(3)4)47(60)43(56-49(62)64-7)34-11-9-8-10-12-34/h8-20,23-24,26-27,29-31,41-43H,21-22,25,28H2,1-7H3,(H,51,53)(H,52,54)(H,55,61)(H,56,62)/t31-,41-,42-,43-/m0/s1. The second-order valence-corrected chi connectivity index (χ2v) is 17.8. The molecule has 1 aliphatic heterocycles. The first-order valence-electron chi connectivity index (χ1n) is 21.9. The summed E-state index contributed by atoms with van der Waals surface area (Å²) in [6.07, 6.45) is 5.32. The van der Waals surface area contributed by atoms with E-state index >= 15 is 0 Å². The van der Waals surface area contributed by atoms with Gasteiger partial charge in [-0.1, -0.05) is 92.7 Å². The Morgan fingerprint density at radius 1 is 0.734 bits per heavy atom. The van der Waals surface area contributed by atoms with Gasteiger partial charge in [0, 0.05) is 18.2 Å². The molecule has 3 heterocycles. The Morgan fingerprint density at radius 3 is 1.97 bits per heavy atom. The Balaban J connectivity index is 0.960. The second kappa shape index (κ2) is 18.0. The SMILES string of the molecule is COC(=O)N[C@H](C(=O)N(C(C)C)[C@@H](C)c1ncc(-c2ccc(-c3ccc4cc(-c5cnc([C@@H]6CC7(CC7)CN6C(=O)[C@@H](NC(=O)OC)C(C)C)[nH]5)ccc4c3)cc2)[nH]1)c1ccccc1. The van der Waals surface area contributed by atoms with Crippen molar-refractivity contribution >= 4 is 34.8 Å². The van der Waals surface area contributed by atoms with Gasteiger partial charge in [0.05, 0.1) is 50.1 Å².